The van der Waals surface area contributed by atoms with E-state index in [0.717, 1.165) is 18.8 Å². The molecule has 1 heterocycles. The fraction of sp³-hybridized carbons (Fsp3) is 0.231. The molecule has 0 aliphatic heterocycles. The molecule has 0 spiro atoms. The van der Waals surface area contributed by atoms with Crippen LogP contribution in [0.2, 0.25) is 5.02 Å². The minimum Gasteiger partial charge on any atom is -0.369 e. The Morgan fingerprint density at radius 2 is 2.06 bits per heavy atom. The van der Waals surface area contributed by atoms with Gasteiger partial charge in [0.25, 0.3) is 0 Å². The summed E-state index contributed by atoms with van der Waals surface area (Å²) in [6, 6.07) is 7.86. The summed E-state index contributed by atoms with van der Waals surface area (Å²) in [5.41, 5.74) is 1.30. The third-order valence-corrected chi connectivity index (χ3v) is 2.74. The number of anilines is 1. The lowest BCUT2D eigenvalue weighted by atomic mass is 10.1. The molecule has 0 saturated heterocycles. The largest absolute Gasteiger partial charge is 0.369 e. The molecule has 0 bridgehead atoms. The number of benzene rings is 1. The van der Waals surface area contributed by atoms with E-state index >= 15 is 0 Å². The van der Waals surface area contributed by atoms with E-state index in [1.165, 1.54) is 12.1 Å². The maximum Gasteiger partial charge on any atom is 0.148 e. The Morgan fingerprint density at radius 1 is 1.22 bits per heavy atom. The second-order valence-corrected chi connectivity index (χ2v) is 4.26. The summed E-state index contributed by atoms with van der Waals surface area (Å²) in [5.74, 6) is 0.358. The molecule has 0 saturated carbocycles. The molecule has 0 aliphatic rings. The van der Waals surface area contributed by atoms with E-state index in [1.807, 2.05) is 12.1 Å². The molecule has 3 nitrogen and oxygen atoms in total. The minimum atomic E-state index is -0.363. The molecule has 0 fully saturated rings. The number of rotatable bonds is 4. The van der Waals surface area contributed by atoms with Crippen molar-refractivity contribution in [3.05, 3.63) is 41.2 Å². The van der Waals surface area contributed by atoms with Gasteiger partial charge < -0.3 is 5.32 Å². The third kappa shape index (κ3) is 2.96. The minimum absolute atomic E-state index is 0.332. The molecular weight excluding hydrogens is 253 g/mol. The summed E-state index contributed by atoms with van der Waals surface area (Å²) in [7, 11) is 0. The van der Waals surface area contributed by atoms with Crippen molar-refractivity contribution >= 4 is 17.4 Å². The average Bonchev–Trinajstić information content (AvgIpc) is 2.37. The van der Waals surface area contributed by atoms with Gasteiger partial charge in [-0.2, -0.15) is 0 Å². The van der Waals surface area contributed by atoms with Gasteiger partial charge in [0.1, 0.15) is 11.6 Å². The molecule has 1 N–H and O–H groups in total. The van der Waals surface area contributed by atoms with Crippen LogP contribution in [0.5, 0.6) is 0 Å². The monoisotopic (exact) mass is 265 g/mol. The number of nitrogens with one attached hydrogen (secondary N) is 1. The normalized spacial score (nSPS) is 10.4. The quantitative estimate of drug-likeness (QED) is 0.915. The first kappa shape index (κ1) is 12.8. The van der Waals surface area contributed by atoms with Crippen LogP contribution in [0.15, 0.2) is 30.3 Å². The molecule has 2 rings (SSSR count). The number of hydrogen-bond donors (Lipinski definition) is 1. The van der Waals surface area contributed by atoms with Gasteiger partial charge in [-0.1, -0.05) is 18.5 Å². The van der Waals surface area contributed by atoms with Crippen LogP contribution in [0.25, 0.3) is 11.3 Å². The number of nitrogens with zero attached hydrogens (tertiary/aromatic N) is 2. The molecular formula is C13H13ClFN3. The van der Waals surface area contributed by atoms with Crippen molar-refractivity contribution in [2.75, 3.05) is 11.9 Å². The van der Waals surface area contributed by atoms with Crippen LogP contribution in [0.1, 0.15) is 13.3 Å². The van der Waals surface area contributed by atoms with Crippen LogP contribution in [0.3, 0.4) is 0 Å². The highest BCUT2D eigenvalue weighted by molar-refractivity contribution is 6.33. The molecule has 2 aromatic rings. The van der Waals surface area contributed by atoms with Gasteiger partial charge in [0.15, 0.2) is 0 Å². The Hall–Kier alpha value is -1.68. The fourth-order valence-electron chi connectivity index (χ4n) is 1.52. The lowest BCUT2D eigenvalue weighted by Gasteiger charge is -2.05. The summed E-state index contributed by atoms with van der Waals surface area (Å²) < 4.78 is 12.9. The summed E-state index contributed by atoms with van der Waals surface area (Å²) in [4.78, 5) is 0. The van der Waals surface area contributed by atoms with E-state index in [0.29, 0.717) is 16.3 Å². The molecule has 1 aromatic heterocycles. The van der Waals surface area contributed by atoms with E-state index in [2.05, 4.69) is 22.4 Å². The van der Waals surface area contributed by atoms with Crippen molar-refractivity contribution in [1.82, 2.24) is 10.2 Å². The number of halogens is 2. The zero-order valence-electron chi connectivity index (χ0n) is 9.95. The molecule has 0 atom stereocenters. The van der Waals surface area contributed by atoms with Gasteiger partial charge in [0, 0.05) is 12.1 Å². The van der Waals surface area contributed by atoms with Crippen LogP contribution >= 0.6 is 11.6 Å². The fourth-order valence-corrected chi connectivity index (χ4v) is 1.78. The molecule has 0 aliphatic carbocycles. The number of hydrogen-bond acceptors (Lipinski definition) is 3. The average molecular weight is 266 g/mol. The Bertz CT molecular complexity index is 528. The Labute approximate surface area is 110 Å². The second kappa shape index (κ2) is 5.78. The number of aromatic nitrogens is 2. The van der Waals surface area contributed by atoms with E-state index in [-0.39, 0.29) is 5.82 Å². The van der Waals surface area contributed by atoms with Crippen LogP contribution in [0.4, 0.5) is 10.2 Å². The van der Waals surface area contributed by atoms with Gasteiger partial charge >= 0.3 is 0 Å². The highest BCUT2D eigenvalue weighted by atomic mass is 35.5. The summed E-state index contributed by atoms with van der Waals surface area (Å²) in [6.07, 6.45) is 1.02. The highest BCUT2D eigenvalue weighted by Crippen LogP contribution is 2.26. The molecule has 5 heteroatoms. The van der Waals surface area contributed by atoms with Crippen molar-refractivity contribution in [3.63, 3.8) is 0 Å². The zero-order valence-corrected chi connectivity index (χ0v) is 10.7. The van der Waals surface area contributed by atoms with Crippen molar-refractivity contribution in [2.45, 2.75) is 13.3 Å². The molecule has 94 valence electrons. The predicted octanol–water partition coefficient (Wildman–Crippen LogP) is 3.76. The maximum atomic E-state index is 12.9. The molecule has 0 radical (unpaired) electrons. The molecule has 0 amide bonds. The molecule has 0 unspecified atom stereocenters. The van der Waals surface area contributed by atoms with Gasteiger partial charge in [-0.25, -0.2) is 4.39 Å². The smallest absolute Gasteiger partial charge is 0.148 e. The third-order valence-electron chi connectivity index (χ3n) is 2.43. The lowest BCUT2D eigenvalue weighted by Crippen LogP contribution is -2.02. The van der Waals surface area contributed by atoms with Gasteiger partial charge in [-0.3, -0.25) is 0 Å². The highest BCUT2D eigenvalue weighted by Gasteiger charge is 2.06. The SMILES string of the molecule is CCCNc1ccc(-c2ccc(F)cc2Cl)nn1. The zero-order chi connectivity index (χ0) is 13.0. The topological polar surface area (TPSA) is 37.8 Å². The Kier molecular flexibility index (Phi) is 4.10. The van der Waals surface area contributed by atoms with E-state index in [1.54, 1.807) is 6.07 Å². The van der Waals surface area contributed by atoms with Crippen molar-refractivity contribution in [2.24, 2.45) is 0 Å². The van der Waals surface area contributed by atoms with Crippen LogP contribution < -0.4 is 5.32 Å². The van der Waals surface area contributed by atoms with Gasteiger partial charge in [-0.05, 0) is 36.8 Å². The first-order chi connectivity index (χ1) is 8.70. The Morgan fingerprint density at radius 3 is 2.67 bits per heavy atom. The van der Waals surface area contributed by atoms with Crippen molar-refractivity contribution < 1.29 is 4.39 Å². The van der Waals surface area contributed by atoms with Crippen molar-refractivity contribution in [3.8, 4) is 11.3 Å². The first-order valence-electron chi connectivity index (χ1n) is 5.73. The molecule has 1 aromatic carbocycles. The summed E-state index contributed by atoms with van der Waals surface area (Å²) >= 11 is 5.96. The maximum absolute atomic E-state index is 12.9. The summed E-state index contributed by atoms with van der Waals surface area (Å²) in [6.45, 7) is 2.93. The van der Waals surface area contributed by atoms with Crippen LogP contribution in [-0.4, -0.2) is 16.7 Å². The Balaban J connectivity index is 2.23. The van der Waals surface area contributed by atoms with Gasteiger partial charge in [0.2, 0.25) is 0 Å². The van der Waals surface area contributed by atoms with E-state index in [9.17, 15) is 4.39 Å². The molecule has 18 heavy (non-hydrogen) atoms. The van der Waals surface area contributed by atoms with Gasteiger partial charge in [-0.15, -0.1) is 10.2 Å². The van der Waals surface area contributed by atoms with Crippen molar-refractivity contribution in [1.29, 1.82) is 0 Å². The predicted molar refractivity (Wildman–Crippen MR) is 71.2 cm³/mol. The summed E-state index contributed by atoms with van der Waals surface area (Å²) in [5, 5.41) is 11.6. The van der Waals surface area contributed by atoms with Crippen LogP contribution in [0, 0.1) is 5.82 Å². The van der Waals surface area contributed by atoms with Crippen LogP contribution in [-0.2, 0) is 0 Å². The second-order valence-electron chi connectivity index (χ2n) is 3.85. The lowest BCUT2D eigenvalue weighted by molar-refractivity contribution is 0.628. The van der Waals surface area contributed by atoms with E-state index < -0.39 is 0 Å². The standard InChI is InChI=1S/C13H13ClFN3/c1-2-7-16-13-6-5-12(17-18-13)10-4-3-9(15)8-11(10)14/h3-6,8H,2,7H2,1H3,(H,16,18). The van der Waals surface area contributed by atoms with E-state index in [4.69, 9.17) is 11.6 Å². The first-order valence-corrected chi connectivity index (χ1v) is 6.11. The van der Waals surface area contributed by atoms with Gasteiger partial charge in [0.05, 0.1) is 10.7 Å².